The number of hydrogen-bond donors (Lipinski definition) is 1. The maximum absolute atomic E-state index is 12.9. The molecule has 2 heterocycles. The van der Waals surface area contributed by atoms with Crippen molar-refractivity contribution in [2.45, 2.75) is 30.6 Å². The lowest BCUT2D eigenvalue weighted by Gasteiger charge is -2.44. The zero-order chi connectivity index (χ0) is 33.6. The van der Waals surface area contributed by atoms with Crippen LogP contribution in [0.5, 0.6) is 11.5 Å². The molecule has 0 radical (unpaired) electrons. The van der Waals surface area contributed by atoms with Crippen LogP contribution in [0.2, 0.25) is 0 Å². The first kappa shape index (κ1) is 34.1. The minimum Gasteiger partial charge on any atom is -0.488 e. The Labute approximate surface area is 274 Å². The molecule has 2 fully saturated rings. The number of hydrogen-bond acceptors (Lipinski definition) is 4. The van der Waals surface area contributed by atoms with Crippen molar-refractivity contribution in [3.05, 3.63) is 131 Å². The summed E-state index contributed by atoms with van der Waals surface area (Å²) >= 11 is 5.03. The Bertz CT molecular complexity index is 1570. The second-order valence-corrected chi connectivity index (χ2v) is 11.6. The van der Waals surface area contributed by atoms with Gasteiger partial charge in [-0.3, -0.25) is 4.90 Å². The first-order valence-corrected chi connectivity index (χ1v) is 15.3. The fourth-order valence-corrected chi connectivity index (χ4v) is 5.50. The van der Waals surface area contributed by atoms with Crippen molar-refractivity contribution in [3.63, 3.8) is 0 Å². The summed E-state index contributed by atoms with van der Waals surface area (Å²) in [4.78, 5) is 4.16. The van der Waals surface area contributed by atoms with Gasteiger partial charge in [0.05, 0.1) is 30.3 Å². The van der Waals surface area contributed by atoms with Crippen LogP contribution in [-0.4, -0.2) is 60.3 Å². The maximum atomic E-state index is 12.9. The SMILES string of the molecule is CNC(=S)N1CC(Oc2cccc(C(F)(F)F)c2)C1.FC(F)(F)c1cccc(OC2CN(C(c3ccccc3)c3ccccc3)C2)c1. The second kappa shape index (κ2) is 14.6. The van der Waals surface area contributed by atoms with Gasteiger partial charge in [-0.2, -0.15) is 26.3 Å². The monoisotopic (exact) mass is 673 g/mol. The van der Waals surface area contributed by atoms with Gasteiger partial charge < -0.3 is 19.7 Å². The fourth-order valence-electron chi connectivity index (χ4n) is 5.35. The van der Waals surface area contributed by atoms with Crippen molar-refractivity contribution in [3.8, 4) is 11.5 Å². The molecular weight excluding hydrogens is 640 g/mol. The fraction of sp³-hybridized carbons (Fsp3) is 0.286. The molecule has 0 saturated carbocycles. The Kier molecular flexibility index (Phi) is 10.6. The van der Waals surface area contributed by atoms with E-state index < -0.39 is 23.5 Å². The number of ether oxygens (including phenoxy) is 2. The van der Waals surface area contributed by atoms with Crippen LogP contribution in [0, 0.1) is 0 Å². The minimum absolute atomic E-state index is 0.101. The van der Waals surface area contributed by atoms with Crippen LogP contribution < -0.4 is 14.8 Å². The predicted molar refractivity (Wildman–Crippen MR) is 171 cm³/mol. The minimum atomic E-state index is -4.36. The summed E-state index contributed by atoms with van der Waals surface area (Å²) in [5.74, 6) is 0.491. The van der Waals surface area contributed by atoms with E-state index in [0.29, 0.717) is 31.3 Å². The Morgan fingerprint density at radius 1 is 0.660 bits per heavy atom. The number of nitrogens with one attached hydrogen (secondary N) is 1. The molecule has 5 nitrogen and oxygen atoms in total. The number of rotatable bonds is 7. The second-order valence-electron chi connectivity index (χ2n) is 11.2. The molecule has 2 aliphatic rings. The van der Waals surface area contributed by atoms with Crippen molar-refractivity contribution in [2.24, 2.45) is 0 Å². The molecule has 2 aliphatic heterocycles. The maximum Gasteiger partial charge on any atom is 0.416 e. The van der Waals surface area contributed by atoms with Gasteiger partial charge in [-0.05, 0) is 59.7 Å². The van der Waals surface area contributed by atoms with Gasteiger partial charge in [0.15, 0.2) is 5.11 Å². The zero-order valence-electron chi connectivity index (χ0n) is 25.3. The van der Waals surface area contributed by atoms with E-state index in [1.54, 1.807) is 13.1 Å². The molecule has 12 heteroatoms. The van der Waals surface area contributed by atoms with E-state index in [4.69, 9.17) is 21.7 Å². The number of nitrogens with zero attached hydrogens (tertiary/aromatic N) is 2. The molecule has 0 bridgehead atoms. The first-order valence-electron chi connectivity index (χ1n) is 14.9. The molecule has 4 aromatic carbocycles. The standard InChI is InChI=1S/C23H20F3NO.C12H13F3N2OS/c24-23(25,26)19-12-7-13-20(14-19)28-21-15-27(16-21)22(17-8-3-1-4-9-17)18-10-5-2-6-11-18;1-16-11(19)17-6-10(7-17)18-9-4-2-3-8(5-9)12(13,14)15/h1-14,21-22H,15-16H2;2-5,10H,6-7H2,1H3,(H,16,19). The highest BCUT2D eigenvalue weighted by molar-refractivity contribution is 7.80. The molecular formula is C35H33F6N3O2S. The van der Waals surface area contributed by atoms with Gasteiger partial charge in [-0.25, -0.2) is 0 Å². The molecule has 6 rings (SSSR count). The van der Waals surface area contributed by atoms with Crippen molar-refractivity contribution in [1.82, 2.24) is 15.1 Å². The van der Waals surface area contributed by atoms with E-state index >= 15 is 0 Å². The van der Waals surface area contributed by atoms with E-state index in [2.05, 4.69) is 34.5 Å². The highest BCUT2D eigenvalue weighted by Crippen LogP contribution is 2.35. The normalized spacial score (nSPS) is 15.6. The Hall–Kier alpha value is -4.29. The van der Waals surface area contributed by atoms with E-state index in [-0.39, 0.29) is 29.7 Å². The van der Waals surface area contributed by atoms with Gasteiger partial charge in [-0.1, -0.05) is 72.8 Å². The first-order chi connectivity index (χ1) is 22.4. The van der Waals surface area contributed by atoms with Crippen molar-refractivity contribution in [1.29, 1.82) is 0 Å². The summed E-state index contributed by atoms with van der Waals surface area (Å²) in [6, 6.07) is 30.5. The van der Waals surface area contributed by atoms with Crippen LogP contribution in [-0.2, 0) is 12.4 Å². The molecule has 47 heavy (non-hydrogen) atoms. The molecule has 1 N–H and O–H groups in total. The lowest BCUT2D eigenvalue weighted by Crippen LogP contribution is -2.58. The van der Waals surface area contributed by atoms with Gasteiger partial charge in [0.1, 0.15) is 23.7 Å². The van der Waals surface area contributed by atoms with E-state index in [1.807, 2.05) is 41.3 Å². The summed E-state index contributed by atoms with van der Waals surface area (Å²) in [7, 11) is 1.73. The third-order valence-electron chi connectivity index (χ3n) is 7.75. The predicted octanol–water partition coefficient (Wildman–Crippen LogP) is 7.83. The van der Waals surface area contributed by atoms with Crippen LogP contribution in [0.15, 0.2) is 109 Å². The number of likely N-dealkylation sites (tertiary alicyclic amines) is 2. The highest BCUT2D eigenvalue weighted by Gasteiger charge is 2.36. The van der Waals surface area contributed by atoms with Crippen LogP contribution in [0.3, 0.4) is 0 Å². The lowest BCUT2D eigenvalue weighted by molar-refractivity contribution is -0.138. The van der Waals surface area contributed by atoms with E-state index in [9.17, 15) is 26.3 Å². The summed E-state index contributed by atoms with van der Waals surface area (Å²) in [6.45, 7) is 2.47. The zero-order valence-corrected chi connectivity index (χ0v) is 26.2. The quantitative estimate of drug-likeness (QED) is 0.159. The smallest absolute Gasteiger partial charge is 0.416 e. The molecule has 0 aromatic heterocycles. The van der Waals surface area contributed by atoms with Gasteiger partial charge in [0.2, 0.25) is 0 Å². The van der Waals surface area contributed by atoms with E-state index in [1.165, 1.54) is 29.3 Å². The molecule has 0 amide bonds. The van der Waals surface area contributed by atoms with Crippen LogP contribution in [0.4, 0.5) is 26.3 Å². The van der Waals surface area contributed by atoms with Crippen molar-refractivity contribution < 1.29 is 35.8 Å². The molecule has 0 spiro atoms. The average molecular weight is 674 g/mol. The molecule has 0 unspecified atom stereocenters. The average Bonchev–Trinajstić information content (AvgIpc) is 3.02. The van der Waals surface area contributed by atoms with Crippen LogP contribution >= 0.6 is 12.2 Å². The summed E-state index contributed by atoms with van der Waals surface area (Å²) in [5, 5.41) is 3.45. The topological polar surface area (TPSA) is 37.0 Å². The Morgan fingerprint density at radius 2 is 1.09 bits per heavy atom. The number of halogens is 6. The third kappa shape index (κ3) is 8.95. The molecule has 2 saturated heterocycles. The summed E-state index contributed by atoms with van der Waals surface area (Å²) < 4.78 is 87.5. The lowest BCUT2D eigenvalue weighted by atomic mass is 9.94. The van der Waals surface area contributed by atoms with Crippen LogP contribution in [0.25, 0.3) is 0 Å². The Morgan fingerprint density at radius 3 is 1.49 bits per heavy atom. The van der Waals surface area contributed by atoms with Gasteiger partial charge in [0, 0.05) is 20.1 Å². The van der Waals surface area contributed by atoms with Gasteiger partial charge in [0.25, 0.3) is 0 Å². The molecule has 248 valence electrons. The largest absolute Gasteiger partial charge is 0.488 e. The highest BCUT2D eigenvalue weighted by atomic mass is 32.1. The summed E-state index contributed by atoms with van der Waals surface area (Å²) in [5.41, 5.74) is 0.983. The van der Waals surface area contributed by atoms with Gasteiger partial charge >= 0.3 is 12.4 Å². The van der Waals surface area contributed by atoms with Crippen LogP contribution in [0.1, 0.15) is 28.3 Å². The van der Waals surface area contributed by atoms with Crippen molar-refractivity contribution >= 4 is 17.3 Å². The summed E-state index contributed by atoms with van der Waals surface area (Å²) in [6.07, 6.45) is -8.97. The Balaban J connectivity index is 0.000000199. The van der Waals surface area contributed by atoms with Crippen molar-refractivity contribution in [2.75, 3.05) is 33.2 Å². The van der Waals surface area contributed by atoms with E-state index in [0.717, 1.165) is 24.3 Å². The number of thiocarbonyl (C=S) groups is 1. The molecule has 4 aromatic rings. The van der Waals surface area contributed by atoms with Gasteiger partial charge in [-0.15, -0.1) is 0 Å². The molecule has 0 aliphatic carbocycles. The molecule has 0 atom stereocenters. The number of alkyl halides is 6. The third-order valence-corrected chi connectivity index (χ3v) is 8.21. The number of benzene rings is 4.